The van der Waals surface area contributed by atoms with Crippen molar-refractivity contribution in [1.82, 2.24) is 0 Å². The van der Waals surface area contributed by atoms with Gasteiger partial charge in [-0.2, -0.15) is 0 Å². The summed E-state index contributed by atoms with van der Waals surface area (Å²) in [5, 5.41) is 0.641. The molecule has 1 saturated carbocycles. The molecule has 16 heavy (non-hydrogen) atoms. The van der Waals surface area contributed by atoms with Crippen molar-refractivity contribution in [2.45, 2.75) is 25.3 Å². The van der Waals surface area contributed by atoms with Crippen molar-refractivity contribution in [1.29, 1.82) is 0 Å². The van der Waals surface area contributed by atoms with Crippen LogP contribution in [-0.4, -0.2) is 7.11 Å². The Bertz CT molecular complexity index is 353. The lowest BCUT2D eigenvalue weighted by molar-refractivity contribution is 0.264. The zero-order valence-electron chi connectivity index (χ0n) is 9.28. The van der Waals surface area contributed by atoms with Gasteiger partial charge in [-0.15, -0.1) is 12.4 Å². The van der Waals surface area contributed by atoms with Crippen LogP contribution in [-0.2, 0) is 0 Å². The lowest BCUT2D eigenvalue weighted by atomic mass is 9.77. The Morgan fingerprint density at radius 1 is 1.44 bits per heavy atom. The number of hydrogen-bond donors (Lipinski definition) is 1. The van der Waals surface area contributed by atoms with E-state index < -0.39 is 0 Å². The fourth-order valence-corrected chi connectivity index (χ4v) is 2.15. The maximum Gasteiger partial charge on any atom is 0.137 e. The third-order valence-corrected chi connectivity index (χ3v) is 3.53. The van der Waals surface area contributed by atoms with Crippen LogP contribution in [0.4, 0.5) is 0 Å². The summed E-state index contributed by atoms with van der Waals surface area (Å²) >= 11 is 5.96. The van der Waals surface area contributed by atoms with E-state index in [0.717, 1.165) is 5.56 Å². The van der Waals surface area contributed by atoms with Crippen LogP contribution in [0.5, 0.6) is 5.75 Å². The van der Waals surface area contributed by atoms with Crippen LogP contribution in [0.15, 0.2) is 18.2 Å². The largest absolute Gasteiger partial charge is 0.495 e. The number of nitrogens with two attached hydrogens (primary N) is 1. The molecule has 1 atom stereocenters. The third-order valence-electron chi connectivity index (χ3n) is 3.22. The number of benzene rings is 1. The summed E-state index contributed by atoms with van der Waals surface area (Å²) in [6.07, 6.45) is 3.79. The SMILES string of the molecule is COc1cc([C@H](N)C2CCC2)ccc1Cl.Cl. The number of rotatable bonds is 3. The molecule has 2 N–H and O–H groups in total. The highest BCUT2D eigenvalue weighted by atomic mass is 35.5. The van der Waals surface area contributed by atoms with E-state index in [9.17, 15) is 0 Å². The molecule has 0 bridgehead atoms. The van der Waals surface area contributed by atoms with Gasteiger partial charge in [0.25, 0.3) is 0 Å². The summed E-state index contributed by atoms with van der Waals surface area (Å²) in [6, 6.07) is 5.93. The zero-order chi connectivity index (χ0) is 10.8. The summed E-state index contributed by atoms with van der Waals surface area (Å²) in [7, 11) is 1.62. The topological polar surface area (TPSA) is 35.2 Å². The molecule has 0 heterocycles. The standard InChI is InChI=1S/C12H16ClNO.ClH/c1-15-11-7-9(5-6-10(11)13)12(14)8-3-2-4-8;/h5-8,12H,2-4,14H2,1H3;1H/t12-;/m1./s1. The van der Waals surface area contributed by atoms with Gasteiger partial charge in [0, 0.05) is 6.04 Å². The highest BCUT2D eigenvalue weighted by Gasteiger charge is 2.25. The monoisotopic (exact) mass is 261 g/mol. The highest BCUT2D eigenvalue weighted by Crippen LogP contribution is 2.38. The van der Waals surface area contributed by atoms with Gasteiger partial charge >= 0.3 is 0 Å². The number of hydrogen-bond acceptors (Lipinski definition) is 2. The van der Waals surface area contributed by atoms with Gasteiger partial charge in [-0.3, -0.25) is 0 Å². The summed E-state index contributed by atoms with van der Waals surface area (Å²) in [4.78, 5) is 0. The Balaban J connectivity index is 0.00000128. The molecule has 0 saturated heterocycles. The number of halogens is 2. The lowest BCUT2D eigenvalue weighted by Crippen LogP contribution is -2.26. The van der Waals surface area contributed by atoms with Gasteiger partial charge in [0.15, 0.2) is 0 Å². The van der Waals surface area contributed by atoms with E-state index in [2.05, 4.69) is 0 Å². The number of methoxy groups -OCH3 is 1. The minimum absolute atomic E-state index is 0. The van der Waals surface area contributed by atoms with Gasteiger partial charge in [-0.05, 0) is 36.5 Å². The summed E-state index contributed by atoms with van der Waals surface area (Å²) in [5.41, 5.74) is 7.30. The van der Waals surface area contributed by atoms with Crippen molar-refractivity contribution in [3.63, 3.8) is 0 Å². The van der Waals surface area contributed by atoms with Crippen LogP contribution in [0.2, 0.25) is 5.02 Å². The minimum atomic E-state index is 0. The van der Waals surface area contributed by atoms with E-state index in [0.29, 0.717) is 16.7 Å². The smallest absolute Gasteiger partial charge is 0.137 e. The molecule has 1 fully saturated rings. The molecule has 4 heteroatoms. The van der Waals surface area contributed by atoms with E-state index >= 15 is 0 Å². The minimum Gasteiger partial charge on any atom is -0.495 e. The van der Waals surface area contributed by atoms with Crippen LogP contribution in [0.3, 0.4) is 0 Å². The van der Waals surface area contributed by atoms with E-state index in [1.165, 1.54) is 19.3 Å². The Morgan fingerprint density at radius 3 is 2.62 bits per heavy atom. The average Bonchev–Trinajstić information content (AvgIpc) is 2.15. The van der Waals surface area contributed by atoms with Gasteiger partial charge in [-0.25, -0.2) is 0 Å². The fraction of sp³-hybridized carbons (Fsp3) is 0.500. The van der Waals surface area contributed by atoms with E-state index in [1.807, 2.05) is 18.2 Å². The summed E-state index contributed by atoms with van der Waals surface area (Å²) in [5.74, 6) is 1.35. The molecule has 2 nitrogen and oxygen atoms in total. The summed E-state index contributed by atoms with van der Waals surface area (Å²) < 4.78 is 5.18. The zero-order valence-corrected chi connectivity index (χ0v) is 10.9. The van der Waals surface area contributed by atoms with Gasteiger partial charge in [0.1, 0.15) is 5.75 Å². The quantitative estimate of drug-likeness (QED) is 0.903. The molecule has 90 valence electrons. The molecule has 0 spiro atoms. The predicted molar refractivity (Wildman–Crippen MR) is 69.5 cm³/mol. The molecule has 2 rings (SSSR count). The second-order valence-corrected chi connectivity index (χ2v) is 4.52. The molecule has 1 aromatic carbocycles. The first kappa shape index (κ1) is 13.6. The molecule has 0 radical (unpaired) electrons. The molecule has 1 aliphatic rings. The van der Waals surface area contributed by atoms with E-state index in [4.69, 9.17) is 22.1 Å². The Morgan fingerprint density at radius 2 is 2.12 bits per heavy atom. The first-order chi connectivity index (χ1) is 7.22. The number of ether oxygens (including phenoxy) is 1. The van der Waals surface area contributed by atoms with Crippen molar-refractivity contribution in [2.24, 2.45) is 11.7 Å². The van der Waals surface area contributed by atoms with Gasteiger partial charge in [0.05, 0.1) is 12.1 Å². The molecule has 0 amide bonds. The van der Waals surface area contributed by atoms with Crippen LogP contribution in [0.25, 0.3) is 0 Å². The highest BCUT2D eigenvalue weighted by molar-refractivity contribution is 6.32. The molecular formula is C12H17Cl2NO. The predicted octanol–water partition coefficient (Wildman–Crippen LogP) is 3.57. The first-order valence-electron chi connectivity index (χ1n) is 5.31. The van der Waals surface area contributed by atoms with Gasteiger partial charge in [-0.1, -0.05) is 24.1 Å². The van der Waals surface area contributed by atoms with Crippen LogP contribution in [0.1, 0.15) is 30.9 Å². The van der Waals surface area contributed by atoms with Crippen molar-refractivity contribution < 1.29 is 4.74 Å². The van der Waals surface area contributed by atoms with Crippen LogP contribution in [0, 0.1) is 5.92 Å². The third kappa shape index (κ3) is 2.62. The maximum absolute atomic E-state index is 6.18. The maximum atomic E-state index is 6.18. The average molecular weight is 262 g/mol. The molecule has 0 unspecified atom stereocenters. The Hall–Kier alpha value is -0.440. The van der Waals surface area contributed by atoms with Gasteiger partial charge in [0.2, 0.25) is 0 Å². The first-order valence-corrected chi connectivity index (χ1v) is 5.69. The van der Waals surface area contributed by atoms with Crippen molar-refractivity contribution >= 4 is 24.0 Å². The van der Waals surface area contributed by atoms with Gasteiger partial charge < -0.3 is 10.5 Å². The fourth-order valence-electron chi connectivity index (χ4n) is 1.95. The van der Waals surface area contributed by atoms with Crippen molar-refractivity contribution in [2.75, 3.05) is 7.11 Å². The molecule has 1 aliphatic carbocycles. The van der Waals surface area contributed by atoms with Crippen LogP contribution < -0.4 is 10.5 Å². The summed E-state index contributed by atoms with van der Waals surface area (Å²) in [6.45, 7) is 0. The van der Waals surface area contributed by atoms with E-state index in [-0.39, 0.29) is 18.4 Å². The molecule has 0 aliphatic heterocycles. The van der Waals surface area contributed by atoms with E-state index in [1.54, 1.807) is 7.11 Å². The molecule has 1 aromatic rings. The van der Waals surface area contributed by atoms with Crippen molar-refractivity contribution in [3.05, 3.63) is 28.8 Å². The second-order valence-electron chi connectivity index (χ2n) is 4.11. The molecule has 0 aromatic heterocycles. The lowest BCUT2D eigenvalue weighted by Gasteiger charge is -2.31. The van der Waals surface area contributed by atoms with Crippen molar-refractivity contribution in [3.8, 4) is 5.75 Å². The second kappa shape index (κ2) is 5.76. The van der Waals surface area contributed by atoms with Crippen LogP contribution >= 0.6 is 24.0 Å². The normalized spacial score (nSPS) is 17.2. The molecular weight excluding hydrogens is 245 g/mol. The Kier molecular flexibility index (Phi) is 4.90. The Labute approximate surface area is 108 Å².